The second-order valence-corrected chi connectivity index (χ2v) is 9.94. The van der Waals surface area contributed by atoms with Crippen LogP contribution in [0.2, 0.25) is 0 Å². The topological polar surface area (TPSA) is 35.6 Å². The molecule has 188 valence electrons. The molecule has 4 nitrogen and oxygen atoms in total. The van der Waals surface area contributed by atoms with Crippen molar-refractivity contribution in [3.63, 3.8) is 0 Å². The third kappa shape index (κ3) is 3.47. The van der Waals surface area contributed by atoms with Crippen LogP contribution in [0.1, 0.15) is 0 Å². The summed E-state index contributed by atoms with van der Waals surface area (Å²) in [7, 11) is 0. The first-order valence-electron chi connectivity index (χ1n) is 13.4. The maximum absolute atomic E-state index is 5.41. The van der Waals surface area contributed by atoms with Crippen LogP contribution in [-0.4, -0.2) is 19.1 Å². The SMILES string of the molecule is c1ccc(-c2cccc(-c3nc4c5c6ccccc6n(-c6ccccc6)c5ccc4n3-c3ccncc3)c2)cc1. The summed E-state index contributed by atoms with van der Waals surface area (Å²) in [5.41, 5.74) is 9.94. The van der Waals surface area contributed by atoms with E-state index < -0.39 is 0 Å². The molecular formula is C36H24N4. The Morgan fingerprint density at radius 1 is 0.450 bits per heavy atom. The van der Waals surface area contributed by atoms with E-state index in [1.807, 2.05) is 30.6 Å². The molecule has 5 aromatic carbocycles. The van der Waals surface area contributed by atoms with E-state index in [-0.39, 0.29) is 0 Å². The van der Waals surface area contributed by atoms with Crippen LogP contribution in [-0.2, 0) is 0 Å². The van der Waals surface area contributed by atoms with Crippen LogP contribution < -0.4 is 0 Å². The van der Waals surface area contributed by atoms with Crippen molar-refractivity contribution in [1.29, 1.82) is 0 Å². The largest absolute Gasteiger partial charge is 0.309 e. The lowest BCUT2D eigenvalue weighted by Crippen LogP contribution is -1.98. The van der Waals surface area contributed by atoms with Gasteiger partial charge in [0.25, 0.3) is 0 Å². The highest BCUT2D eigenvalue weighted by Gasteiger charge is 2.21. The molecular weight excluding hydrogens is 488 g/mol. The smallest absolute Gasteiger partial charge is 0.145 e. The summed E-state index contributed by atoms with van der Waals surface area (Å²) in [6.07, 6.45) is 3.68. The van der Waals surface area contributed by atoms with Crippen molar-refractivity contribution >= 4 is 32.8 Å². The van der Waals surface area contributed by atoms with Gasteiger partial charge in [0.15, 0.2) is 0 Å². The zero-order valence-corrected chi connectivity index (χ0v) is 21.6. The van der Waals surface area contributed by atoms with Crippen molar-refractivity contribution in [3.05, 3.63) is 146 Å². The zero-order valence-electron chi connectivity index (χ0n) is 21.6. The van der Waals surface area contributed by atoms with Crippen molar-refractivity contribution in [2.75, 3.05) is 0 Å². The third-order valence-corrected chi connectivity index (χ3v) is 7.62. The fourth-order valence-electron chi connectivity index (χ4n) is 5.87. The van der Waals surface area contributed by atoms with Gasteiger partial charge >= 0.3 is 0 Å². The quantitative estimate of drug-likeness (QED) is 0.236. The van der Waals surface area contributed by atoms with Gasteiger partial charge in [-0.3, -0.25) is 9.55 Å². The maximum atomic E-state index is 5.41. The van der Waals surface area contributed by atoms with Crippen LogP contribution in [0.15, 0.2) is 146 Å². The van der Waals surface area contributed by atoms with Gasteiger partial charge in [-0.25, -0.2) is 4.98 Å². The molecule has 0 aliphatic carbocycles. The molecule has 4 heteroatoms. The Morgan fingerprint density at radius 2 is 1.10 bits per heavy atom. The Kier molecular flexibility index (Phi) is 5.10. The summed E-state index contributed by atoms with van der Waals surface area (Å²) in [6.45, 7) is 0. The zero-order chi connectivity index (χ0) is 26.5. The number of pyridine rings is 1. The van der Waals surface area contributed by atoms with E-state index >= 15 is 0 Å². The molecule has 3 aromatic heterocycles. The van der Waals surface area contributed by atoms with Crippen molar-refractivity contribution in [3.8, 4) is 33.9 Å². The lowest BCUT2D eigenvalue weighted by Gasteiger charge is -2.11. The van der Waals surface area contributed by atoms with Crippen molar-refractivity contribution in [2.45, 2.75) is 0 Å². The predicted molar refractivity (Wildman–Crippen MR) is 164 cm³/mol. The molecule has 0 saturated carbocycles. The van der Waals surface area contributed by atoms with Gasteiger partial charge in [0.1, 0.15) is 5.82 Å². The predicted octanol–water partition coefficient (Wildman–Crippen LogP) is 8.85. The average Bonchev–Trinajstić information content (AvgIpc) is 3.59. The van der Waals surface area contributed by atoms with E-state index in [1.54, 1.807) is 0 Å². The molecule has 0 unspecified atom stereocenters. The fraction of sp³-hybridized carbons (Fsp3) is 0. The van der Waals surface area contributed by atoms with Gasteiger partial charge in [-0.15, -0.1) is 0 Å². The molecule has 8 rings (SSSR count). The number of benzene rings is 5. The second-order valence-electron chi connectivity index (χ2n) is 9.94. The molecule has 0 bridgehead atoms. The minimum absolute atomic E-state index is 0.906. The van der Waals surface area contributed by atoms with E-state index in [0.717, 1.165) is 50.3 Å². The Hall–Kier alpha value is -5.48. The molecule has 8 aromatic rings. The summed E-state index contributed by atoms with van der Waals surface area (Å²) in [5.74, 6) is 0.906. The number of rotatable bonds is 4. The van der Waals surface area contributed by atoms with E-state index in [9.17, 15) is 0 Å². The molecule has 40 heavy (non-hydrogen) atoms. The molecule has 0 aliphatic heterocycles. The first-order valence-corrected chi connectivity index (χ1v) is 13.4. The highest BCUT2D eigenvalue weighted by molar-refractivity contribution is 6.20. The van der Waals surface area contributed by atoms with Crippen LogP contribution in [0, 0.1) is 0 Å². The van der Waals surface area contributed by atoms with E-state index in [0.29, 0.717) is 0 Å². The lowest BCUT2D eigenvalue weighted by atomic mass is 10.0. The molecule has 0 radical (unpaired) electrons. The molecule has 0 spiro atoms. The van der Waals surface area contributed by atoms with Gasteiger partial charge < -0.3 is 4.57 Å². The van der Waals surface area contributed by atoms with Crippen LogP contribution in [0.5, 0.6) is 0 Å². The van der Waals surface area contributed by atoms with Gasteiger partial charge in [0.05, 0.1) is 27.8 Å². The minimum Gasteiger partial charge on any atom is -0.309 e. The van der Waals surface area contributed by atoms with Gasteiger partial charge in [0.2, 0.25) is 0 Å². The van der Waals surface area contributed by atoms with E-state index in [4.69, 9.17) is 4.98 Å². The number of para-hydroxylation sites is 2. The maximum Gasteiger partial charge on any atom is 0.145 e. The van der Waals surface area contributed by atoms with E-state index in [2.05, 4.69) is 129 Å². The average molecular weight is 513 g/mol. The van der Waals surface area contributed by atoms with Crippen LogP contribution >= 0.6 is 0 Å². The molecule has 3 heterocycles. The first-order chi connectivity index (χ1) is 19.9. The standard InChI is InChI=1S/C36H24N4/c1-3-10-25(11-4-1)26-12-9-13-27(24-26)36-38-35-33(40(36)29-20-22-37-23-21-29)19-18-32-34(35)30-16-7-8-17-31(30)39(32)28-14-5-2-6-15-28/h1-24H. The van der Waals surface area contributed by atoms with Crippen LogP contribution in [0.4, 0.5) is 0 Å². The number of imidazole rings is 1. The summed E-state index contributed by atoms with van der Waals surface area (Å²) in [6, 6.07) is 46.8. The summed E-state index contributed by atoms with van der Waals surface area (Å²) < 4.78 is 4.60. The number of fused-ring (bicyclic) bond motifs is 5. The molecule has 0 N–H and O–H groups in total. The number of aromatic nitrogens is 4. The highest BCUT2D eigenvalue weighted by Crippen LogP contribution is 2.39. The molecule has 0 saturated heterocycles. The normalized spacial score (nSPS) is 11.5. The fourth-order valence-corrected chi connectivity index (χ4v) is 5.87. The monoisotopic (exact) mass is 512 g/mol. The number of hydrogen-bond acceptors (Lipinski definition) is 2. The number of nitrogens with zero attached hydrogens (tertiary/aromatic N) is 4. The molecule has 0 aliphatic rings. The number of hydrogen-bond donors (Lipinski definition) is 0. The van der Waals surface area contributed by atoms with E-state index in [1.165, 1.54) is 16.5 Å². The van der Waals surface area contributed by atoms with Gasteiger partial charge in [-0.1, -0.05) is 84.9 Å². The van der Waals surface area contributed by atoms with Crippen LogP contribution in [0.3, 0.4) is 0 Å². The molecule has 0 fully saturated rings. The Labute approximate surface area is 231 Å². The summed E-state index contributed by atoms with van der Waals surface area (Å²) in [4.78, 5) is 9.69. The summed E-state index contributed by atoms with van der Waals surface area (Å²) >= 11 is 0. The Morgan fingerprint density at radius 3 is 1.93 bits per heavy atom. The van der Waals surface area contributed by atoms with Crippen molar-refractivity contribution in [2.24, 2.45) is 0 Å². The van der Waals surface area contributed by atoms with Crippen molar-refractivity contribution in [1.82, 2.24) is 19.1 Å². The summed E-state index contributed by atoms with van der Waals surface area (Å²) in [5, 5.41) is 2.35. The highest BCUT2D eigenvalue weighted by atomic mass is 15.1. The lowest BCUT2D eigenvalue weighted by molar-refractivity contribution is 1.09. The molecule has 0 amide bonds. The first kappa shape index (κ1) is 22.5. The third-order valence-electron chi connectivity index (χ3n) is 7.62. The van der Waals surface area contributed by atoms with Crippen molar-refractivity contribution < 1.29 is 0 Å². The Bertz CT molecular complexity index is 2140. The van der Waals surface area contributed by atoms with Crippen LogP contribution in [0.25, 0.3) is 66.7 Å². The van der Waals surface area contributed by atoms with Gasteiger partial charge in [-0.2, -0.15) is 0 Å². The molecule has 0 atom stereocenters. The van der Waals surface area contributed by atoms with Gasteiger partial charge in [-0.05, 0) is 59.7 Å². The Balaban J connectivity index is 1.47. The second kappa shape index (κ2) is 9.07. The minimum atomic E-state index is 0.906. The van der Waals surface area contributed by atoms with Gasteiger partial charge in [0, 0.05) is 34.4 Å².